The molecule has 0 saturated heterocycles. The minimum absolute atomic E-state index is 0.149. The summed E-state index contributed by atoms with van der Waals surface area (Å²) in [6.07, 6.45) is 0. The van der Waals surface area contributed by atoms with E-state index in [0.717, 1.165) is 0 Å². The van der Waals surface area contributed by atoms with Crippen LogP contribution in [0.1, 0.15) is 12.7 Å². The number of furan rings is 1. The van der Waals surface area contributed by atoms with Gasteiger partial charge in [-0.2, -0.15) is 4.31 Å². The number of hydrogen-bond acceptors (Lipinski definition) is 5. The second-order valence-corrected chi connectivity index (χ2v) is 6.50. The van der Waals surface area contributed by atoms with Crippen molar-refractivity contribution in [3.05, 3.63) is 16.5 Å². The van der Waals surface area contributed by atoms with E-state index in [-0.39, 0.29) is 9.56 Å². The number of nitrogens with zero attached hydrogens (tertiary/aromatic N) is 1. The van der Waals surface area contributed by atoms with Gasteiger partial charge in [0.1, 0.15) is 10.7 Å². The Bertz CT molecular complexity index is 501. The fourth-order valence-corrected chi connectivity index (χ4v) is 4.01. The molecule has 0 amide bonds. The molecule has 0 atom stereocenters. The lowest BCUT2D eigenvalue weighted by molar-refractivity contribution is 0.180. The summed E-state index contributed by atoms with van der Waals surface area (Å²) >= 11 is 3.16. The molecule has 0 aliphatic rings. The number of nitrogens with one attached hydrogen (secondary N) is 1. The van der Waals surface area contributed by atoms with E-state index in [9.17, 15) is 8.42 Å². The first-order chi connectivity index (χ1) is 8.97. The zero-order valence-electron chi connectivity index (χ0n) is 11.3. The van der Waals surface area contributed by atoms with Crippen LogP contribution in [0, 0.1) is 0 Å². The van der Waals surface area contributed by atoms with Crippen LogP contribution in [0.15, 0.2) is 20.0 Å². The van der Waals surface area contributed by atoms with Gasteiger partial charge in [-0.1, -0.05) is 6.92 Å². The minimum atomic E-state index is -3.57. The van der Waals surface area contributed by atoms with Gasteiger partial charge >= 0.3 is 0 Å². The Morgan fingerprint density at radius 2 is 2.21 bits per heavy atom. The lowest BCUT2D eigenvalue weighted by atomic mass is 10.4. The molecule has 110 valence electrons. The van der Waals surface area contributed by atoms with Crippen molar-refractivity contribution in [2.45, 2.75) is 18.4 Å². The highest BCUT2D eigenvalue weighted by Gasteiger charge is 2.28. The van der Waals surface area contributed by atoms with E-state index in [2.05, 4.69) is 21.2 Å². The van der Waals surface area contributed by atoms with Gasteiger partial charge in [0.15, 0.2) is 4.67 Å². The fraction of sp³-hybridized carbons (Fsp3) is 0.636. The van der Waals surface area contributed by atoms with Crippen LogP contribution in [0.2, 0.25) is 0 Å². The summed E-state index contributed by atoms with van der Waals surface area (Å²) in [5.74, 6) is 0.566. The molecule has 1 rings (SSSR count). The van der Waals surface area contributed by atoms with Crippen molar-refractivity contribution in [2.75, 3.05) is 33.9 Å². The third-order valence-corrected chi connectivity index (χ3v) is 5.40. The lowest BCUT2D eigenvalue weighted by Gasteiger charge is -2.19. The van der Waals surface area contributed by atoms with Crippen molar-refractivity contribution < 1.29 is 17.6 Å². The predicted octanol–water partition coefficient (Wildman–Crippen LogP) is 1.42. The third kappa shape index (κ3) is 4.03. The highest BCUT2D eigenvalue weighted by molar-refractivity contribution is 9.10. The molecule has 6 nitrogen and oxygen atoms in total. The van der Waals surface area contributed by atoms with Crippen molar-refractivity contribution in [1.29, 1.82) is 0 Å². The van der Waals surface area contributed by atoms with Crippen LogP contribution in [-0.4, -0.2) is 46.6 Å². The molecular weight excluding hydrogens is 336 g/mol. The summed E-state index contributed by atoms with van der Waals surface area (Å²) in [5, 5.41) is 2.91. The van der Waals surface area contributed by atoms with Gasteiger partial charge in [-0.05, 0) is 23.0 Å². The average Bonchev–Trinajstić information content (AvgIpc) is 2.72. The van der Waals surface area contributed by atoms with E-state index in [1.54, 1.807) is 21.1 Å². The number of likely N-dealkylation sites (N-methyl/N-ethyl adjacent to an activating group) is 1. The number of halogens is 1. The van der Waals surface area contributed by atoms with Crippen LogP contribution in [-0.2, 0) is 21.3 Å². The molecule has 1 heterocycles. The van der Waals surface area contributed by atoms with E-state index in [1.807, 2.05) is 0 Å². The van der Waals surface area contributed by atoms with Gasteiger partial charge in [0.25, 0.3) is 0 Å². The highest BCUT2D eigenvalue weighted by atomic mass is 79.9. The molecule has 0 saturated carbocycles. The summed E-state index contributed by atoms with van der Waals surface area (Å²) in [6, 6.07) is 1.53. The maximum Gasteiger partial charge on any atom is 0.247 e. The first-order valence-electron chi connectivity index (χ1n) is 5.89. The van der Waals surface area contributed by atoms with Gasteiger partial charge in [-0.15, -0.1) is 0 Å². The molecule has 0 aliphatic carbocycles. The molecular formula is C11H19BrN2O4S. The smallest absolute Gasteiger partial charge is 0.247 e. The summed E-state index contributed by atoms with van der Waals surface area (Å²) in [6.45, 7) is 3.30. The zero-order chi connectivity index (χ0) is 14.5. The topological polar surface area (TPSA) is 71.8 Å². The molecule has 1 N–H and O–H groups in total. The van der Waals surface area contributed by atoms with E-state index in [1.165, 1.54) is 10.4 Å². The van der Waals surface area contributed by atoms with E-state index >= 15 is 0 Å². The zero-order valence-corrected chi connectivity index (χ0v) is 13.7. The SMILES string of the molecule is CCN(CCOC)S(=O)(=O)c1cc(CNC)oc1Br. The van der Waals surface area contributed by atoms with Crippen LogP contribution >= 0.6 is 15.9 Å². The van der Waals surface area contributed by atoms with Crippen molar-refractivity contribution in [1.82, 2.24) is 9.62 Å². The maximum absolute atomic E-state index is 12.5. The second kappa shape index (κ2) is 7.39. The Morgan fingerprint density at radius 3 is 2.74 bits per heavy atom. The number of hydrogen-bond donors (Lipinski definition) is 1. The van der Waals surface area contributed by atoms with Gasteiger partial charge in [0.2, 0.25) is 10.0 Å². The summed E-state index contributed by atoms with van der Waals surface area (Å²) < 4.78 is 36.8. The number of ether oxygens (including phenoxy) is 1. The van der Waals surface area contributed by atoms with Crippen molar-refractivity contribution >= 4 is 26.0 Å². The molecule has 0 bridgehead atoms. The standard InChI is InChI=1S/C11H19BrN2O4S/c1-4-14(5-6-17-3)19(15,16)10-7-9(8-13-2)18-11(10)12/h7,13H,4-6,8H2,1-3H3. The fourth-order valence-electron chi connectivity index (χ4n) is 1.62. The van der Waals surface area contributed by atoms with Crippen LogP contribution in [0.3, 0.4) is 0 Å². The van der Waals surface area contributed by atoms with Crippen molar-refractivity contribution in [3.63, 3.8) is 0 Å². The first kappa shape index (κ1) is 16.6. The van der Waals surface area contributed by atoms with Gasteiger partial charge in [0, 0.05) is 26.3 Å². The summed E-state index contributed by atoms with van der Waals surface area (Å²) in [4.78, 5) is 0.149. The van der Waals surface area contributed by atoms with E-state index in [0.29, 0.717) is 32.0 Å². The average molecular weight is 355 g/mol. The molecule has 0 aliphatic heterocycles. The minimum Gasteiger partial charge on any atom is -0.452 e. The molecule has 0 unspecified atom stereocenters. The number of methoxy groups -OCH3 is 1. The number of sulfonamides is 1. The Labute approximate surface area is 122 Å². The lowest BCUT2D eigenvalue weighted by Crippen LogP contribution is -2.33. The van der Waals surface area contributed by atoms with Gasteiger partial charge < -0.3 is 14.5 Å². The molecule has 8 heteroatoms. The Kier molecular flexibility index (Phi) is 6.48. The Balaban J connectivity index is 3.03. The Hall–Kier alpha value is -0.410. The molecule has 1 aromatic heterocycles. The van der Waals surface area contributed by atoms with E-state index in [4.69, 9.17) is 9.15 Å². The quantitative estimate of drug-likeness (QED) is 0.764. The monoisotopic (exact) mass is 354 g/mol. The predicted molar refractivity (Wildman–Crippen MR) is 75.5 cm³/mol. The van der Waals surface area contributed by atoms with Crippen LogP contribution in [0.25, 0.3) is 0 Å². The number of rotatable bonds is 8. The summed E-state index contributed by atoms with van der Waals surface area (Å²) in [7, 11) is -0.260. The van der Waals surface area contributed by atoms with Gasteiger partial charge in [-0.3, -0.25) is 0 Å². The molecule has 1 aromatic rings. The second-order valence-electron chi connectivity index (χ2n) is 3.87. The first-order valence-corrected chi connectivity index (χ1v) is 8.12. The molecule has 0 spiro atoms. The molecule has 19 heavy (non-hydrogen) atoms. The Morgan fingerprint density at radius 1 is 1.53 bits per heavy atom. The van der Waals surface area contributed by atoms with Crippen LogP contribution in [0.4, 0.5) is 0 Å². The van der Waals surface area contributed by atoms with Crippen LogP contribution in [0.5, 0.6) is 0 Å². The highest BCUT2D eigenvalue weighted by Crippen LogP contribution is 2.28. The van der Waals surface area contributed by atoms with E-state index < -0.39 is 10.0 Å². The maximum atomic E-state index is 12.5. The normalized spacial score (nSPS) is 12.3. The molecule has 0 radical (unpaired) electrons. The van der Waals surface area contributed by atoms with Gasteiger partial charge in [0.05, 0.1) is 13.2 Å². The van der Waals surface area contributed by atoms with Gasteiger partial charge in [-0.25, -0.2) is 8.42 Å². The van der Waals surface area contributed by atoms with Crippen molar-refractivity contribution in [2.24, 2.45) is 0 Å². The van der Waals surface area contributed by atoms with Crippen LogP contribution < -0.4 is 5.32 Å². The summed E-state index contributed by atoms with van der Waals surface area (Å²) in [5.41, 5.74) is 0. The molecule has 0 fully saturated rings. The largest absolute Gasteiger partial charge is 0.452 e. The van der Waals surface area contributed by atoms with Crippen molar-refractivity contribution in [3.8, 4) is 0 Å². The third-order valence-electron chi connectivity index (χ3n) is 2.57. The molecule has 0 aromatic carbocycles.